The number of amides is 1. The van der Waals surface area contributed by atoms with Crippen molar-refractivity contribution in [3.63, 3.8) is 0 Å². The van der Waals surface area contributed by atoms with Crippen LogP contribution in [0.2, 0.25) is 0 Å². The third-order valence-electron chi connectivity index (χ3n) is 10.2. The number of rotatable bonds is 40. The Hall–Kier alpha value is -0.650. The first-order chi connectivity index (χ1) is 23.2. The molecule has 0 aromatic rings. The van der Waals surface area contributed by atoms with Crippen LogP contribution >= 0.6 is 0 Å². The van der Waals surface area contributed by atoms with Gasteiger partial charge in [0.05, 0.1) is 18.8 Å². The molecule has 0 rings (SSSR count). The fourth-order valence-corrected chi connectivity index (χ4v) is 6.87. The average molecular weight is 668 g/mol. The van der Waals surface area contributed by atoms with E-state index in [2.05, 4.69) is 12.2 Å². The minimum atomic E-state index is -0.657. The summed E-state index contributed by atoms with van der Waals surface area (Å²) in [6, 6.07) is -0.534. The molecule has 1 amide bonds. The Morgan fingerprint density at radius 3 is 1.06 bits per heavy atom. The number of aliphatic hydroxyl groups is 3. The van der Waals surface area contributed by atoms with Crippen LogP contribution in [0.15, 0.2) is 0 Å². The summed E-state index contributed by atoms with van der Waals surface area (Å²) in [6.45, 7) is 2.43. The lowest BCUT2D eigenvalue weighted by molar-refractivity contribution is -0.123. The van der Waals surface area contributed by atoms with Gasteiger partial charge in [0.25, 0.3) is 0 Å². The van der Waals surface area contributed by atoms with Gasteiger partial charge in [0.1, 0.15) is 0 Å². The zero-order valence-electron chi connectivity index (χ0n) is 31.8. The highest BCUT2D eigenvalue weighted by molar-refractivity contribution is 5.76. The summed E-state index contributed by atoms with van der Waals surface area (Å²) in [7, 11) is 0. The van der Waals surface area contributed by atoms with Gasteiger partial charge in [-0.15, -0.1) is 0 Å². The van der Waals surface area contributed by atoms with Crippen molar-refractivity contribution < 1.29 is 20.1 Å². The second kappa shape index (κ2) is 39.8. The number of hydrogen-bond donors (Lipinski definition) is 4. The van der Waals surface area contributed by atoms with E-state index in [9.17, 15) is 15.0 Å². The molecule has 2 unspecified atom stereocenters. The molecule has 0 aromatic carbocycles. The number of unbranched alkanes of at least 4 members (excludes halogenated alkanes) is 32. The first-order valence-electron chi connectivity index (χ1n) is 21.3. The predicted molar refractivity (Wildman–Crippen MR) is 204 cm³/mol. The number of carbonyl (C=O) groups excluding carboxylic acids is 1. The van der Waals surface area contributed by atoms with Crippen molar-refractivity contribution in [2.45, 2.75) is 250 Å². The van der Waals surface area contributed by atoms with Crippen molar-refractivity contribution in [2.75, 3.05) is 13.2 Å². The van der Waals surface area contributed by atoms with Gasteiger partial charge in [0, 0.05) is 13.0 Å². The van der Waals surface area contributed by atoms with E-state index in [4.69, 9.17) is 5.11 Å². The van der Waals surface area contributed by atoms with Gasteiger partial charge in [-0.05, 0) is 19.3 Å². The third-order valence-corrected chi connectivity index (χ3v) is 10.2. The molecule has 4 N–H and O–H groups in total. The van der Waals surface area contributed by atoms with Crippen LogP contribution in [0.25, 0.3) is 0 Å². The topological polar surface area (TPSA) is 89.8 Å². The molecule has 47 heavy (non-hydrogen) atoms. The molecule has 0 aromatic heterocycles. The van der Waals surface area contributed by atoms with E-state index in [1.165, 1.54) is 186 Å². The van der Waals surface area contributed by atoms with Gasteiger partial charge in [-0.3, -0.25) is 4.79 Å². The maximum absolute atomic E-state index is 12.4. The van der Waals surface area contributed by atoms with Gasteiger partial charge < -0.3 is 20.6 Å². The monoisotopic (exact) mass is 668 g/mol. The Morgan fingerprint density at radius 1 is 0.447 bits per heavy atom. The molecule has 0 saturated heterocycles. The second-order valence-corrected chi connectivity index (χ2v) is 14.9. The summed E-state index contributed by atoms with van der Waals surface area (Å²) in [4.78, 5) is 12.4. The molecular weight excluding hydrogens is 582 g/mol. The molecular formula is C42H85NO4. The van der Waals surface area contributed by atoms with Crippen LogP contribution < -0.4 is 5.32 Å². The second-order valence-electron chi connectivity index (χ2n) is 14.9. The van der Waals surface area contributed by atoms with E-state index in [-0.39, 0.29) is 12.5 Å². The molecule has 0 saturated carbocycles. The van der Waals surface area contributed by atoms with Crippen LogP contribution in [0.1, 0.15) is 238 Å². The van der Waals surface area contributed by atoms with Gasteiger partial charge in [-0.2, -0.15) is 0 Å². The van der Waals surface area contributed by atoms with Gasteiger partial charge in [-0.1, -0.05) is 212 Å². The minimum absolute atomic E-state index is 0.0327. The standard InChI is InChI=1S/C42H85NO4/c1-2-3-4-5-6-7-8-18-21-24-27-30-33-36-41(46)40(39-45)43-42(47)37-34-31-28-25-22-19-16-14-12-10-9-11-13-15-17-20-23-26-29-32-35-38-44/h40-41,44-46H,2-39H2,1H3,(H,43,47). The zero-order chi connectivity index (χ0) is 34.3. The summed E-state index contributed by atoms with van der Waals surface area (Å²) in [6.07, 6.45) is 44.7. The largest absolute Gasteiger partial charge is 0.396 e. The first-order valence-corrected chi connectivity index (χ1v) is 21.3. The van der Waals surface area contributed by atoms with Gasteiger partial charge in [-0.25, -0.2) is 0 Å². The fourth-order valence-electron chi connectivity index (χ4n) is 6.87. The molecule has 282 valence electrons. The van der Waals surface area contributed by atoms with Crippen LogP contribution in [0.5, 0.6) is 0 Å². The summed E-state index contributed by atoms with van der Waals surface area (Å²) in [5.41, 5.74) is 0. The smallest absolute Gasteiger partial charge is 0.220 e. The average Bonchev–Trinajstić information content (AvgIpc) is 3.07. The summed E-state index contributed by atoms with van der Waals surface area (Å²) in [5.74, 6) is -0.0327. The Labute approximate surface area is 294 Å². The van der Waals surface area contributed by atoms with Crippen LogP contribution in [0.3, 0.4) is 0 Å². The molecule has 0 spiro atoms. The lowest BCUT2D eigenvalue weighted by atomic mass is 10.0. The number of aliphatic hydroxyl groups excluding tert-OH is 3. The van der Waals surface area contributed by atoms with E-state index in [1.54, 1.807) is 0 Å². The van der Waals surface area contributed by atoms with E-state index in [0.29, 0.717) is 19.4 Å². The SMILES string of the molecule is CCCCCCCCCCCCCCCC(O)C(CO)NC(=O)CCCCCCCCCCCCCCCCCCCCCCCO. The van der Waals surface area contributed by atoms with Crippen molar-refractivity contribution in [3.05, 3.63) is 0 Å². The molecule has 0 radical (unpaired) electrons. The van der Waals surface area contributed by atoms with E-state index >= 15 is 0 Å². The van der Waals surface area contributed by atoms with Crippen LogP contribution in [0, 0.1) is 0 Å². The van der Waals surface area contributed by atoms with E-state index in [1.807, 2.05) is 0 Å². The molecule has 0 aliphatic rings. The Morgan fingerprint density at radius 2 is 0.745 bits per heavy atom. The molecule has 0 heterocycles. The number of hydrogen-bond acceptors (Lipinski definition) is 4. The molecule has 5 heteroatoms. The first kappa shape index (κ1) is 46.4. The van der Waals surface area contributed by atoms with Gasteiger partial charge in [0.2, 0.25) is 5.91 Å². The third kappa shape index (κ3) is 36.5. The molecule has 0 aliphatic carbocycles. The van der Waals surface area contributed by atoms with Crippen molar-refractivity contribution in [1.29, 1.82) is 0 Å². The summed E-state index contributed by atoms with van der Waals surface area (Å²) in [5, 5.41) is 31.9. The highest BCUT2D eigenvalue weighted by atomic mass is 16.3. The van der Waals surface area contributed by atoms with Gasteiger partial charge >= 0.3 is 0 Å². The van der Waals surface area contributed by atoms with Crippen LogP contribution in [-0.4, -0.2) is 46.6 Å². The molecule has 5 nitrogen and oxygen atoms in total. The fraction of sp³-hybridized carbons (Fsp3) is 0.976. The number of nitrogens with one attached hydrogen (secondary N) is 1. The van der Waals surface area contributed by atoms with Crippen molar-refractivity contribution in [3.8, 4) is 0 Å². The molecule has 0 fully saturated rings. The minimum Gasteiger partial charge on any atom is -0.396 e. The lowest BCUT2D eigenvalue weighted by Crippen LogP contribution is -2.45. The Balaban J connectivity index is 3.44. The van der Waals surface area contributed by atoms with E-state index < -0.39 is 12.1 Å². The predicted octanol–water partition coefficient (Wildman–Crippen LogP) is 11.9. The zero-order valence-corrected chi connectivity index (χ0v) is 31.8. The maximum atomic E-state index is 12.4. The van der Waals surface area contributed by atoms with Crippen molar-refractivity contribution in [2.24, 2.45) is 0 Å². The van der Waals surface area contributed by atoms with Crippen LogP contribution in [0.4, 0.5) is 0 Å². The van der Waals surface area contributed by atoms with Crippen molar-refractivity contribution >= 4 is 5.91 Å². The van der Waals surface area contributed by atoms with Crippen molar-refractivity contribution in [1.82, 2.24) is 5.32 Å². The van der Waals surface area contributed by atoms with Gasteiger partial charge in [0.15, 0.2) is 0 Å². The van der Waals surface area contributed by atoms with E-state index in [0.717, 1.165) is 32.1 Å². The summed E-state index contributed by atoms with van der Waals surface area (Å²) >= 11 is 0. The quantitative estimate of drug-likeness (QED) is 0.0490. The van der Waals surface area contributed by atoms with Crippen LogP contribution in [-0.2, 0) is 4.79 Å². The normalized spacial score (nSPS) is 12.9. The Bertz CT molecular complexity index is 601. The Kier molecular flexibility index (Phi) is 39.2. The lowest BCUT2D eigenvalue weighted by Gasteiger charge is -2.22. The molecule has 0 aliphatic heterocycles. The molecule has 2 atom stereocenters. The highest BCUT2D eigenvalue weighted by Crippen LogP contribution is 2.17. The number of carbonyl (C=O) groups is 1. The molecule has 0 bridgehead atoms. The highest BCUT2D eigenvalue weighted by Gasteiger charge is 2.20. The summed E-state index contributed by atoms with van der Waals surface area (Å²) < 4.78 is 0. The maximum Gasteiger partial charge on any atom is 0.220 e.